The van der Waals surface area contributed by atoms with Crippen molar-refractivity contribution in [2.24, 2.45) is 11.3 Å². The number of hydrogen-bond donors (Lipinski definition) is 0. The molecule has 3 aliphatic carbocycles. The standard InChI is InChI=1S/C21H21N3O2/c1-13-15-9-5-6-12-21(15)17-11-10-16(18(13)21)23-19(25)22(20(26)24(17)23)14-7-3-2-4-8-14/h2-4,7-8,10-11,16-18H,5-6,9,12H2,1H3. The summed E-state index contributed by atoms with van der Waals surface area (Å²) in [5.41, 5.74) is 3.32. The predicted molar refractivity (Wildman–Crippen MR) is 98.6 cm³/mol. The summed E-state index contributed by atoms with van der Waals surface area (Å²) < 4.78 is 4.82. The van der Waals surface area contributed by atoms with Crippen LogP contribution in [-0.4, -0.2) is 13.9 Å². The zero-order chi connectivity index (χ0) is 17.6. The van der Waals surface area contributed by atoms with E-state index in [2.05, 4.69) is 19.1 Å². The predicted octanol–water partition coefficient (Wildman–Crippen LogP) is 2.97. The van der Waals surface area contributed by atoms with Gasteiger partial charge in [-0.15, -0.1) is 0 Å². The highest BCUT2D eigenvalue weighted by atomic mass is 16.2. The quantitative estimate of drug-likeness (QED) is 0.745. The van der Waals surface area contributed by atoms with Gasteiger partial charge >= 0.3 is 11.4 Å². The Hall–Kier alpha value is -2.56. The Labute approximate surface area is 150 Å². The topological polar surface area (TPSA) is 48.9 Å². The molecule has 5 aliphatic rings. The molecule has 5 nitrogen and oxygen atoms in total. The molecule has 2 aromatic rings. The number of hydrogen-bond acceptors (Lipinski definition) is 2. The van der Waals surface area contributed by atoms with Gasteiger partial charge in [-0.25, -0.2) is 23.5 Å². The minimum atomic E-state index is -0.215. The first-order valence-corrected chi connectivity index (χ1v) is 9.56. The monoisotopic (exact) mass is 347 g/mol. The third kappa shape index (κ3) is 1.38. The van der Waals surface area contributed by atoms with E-state index in [9.17, 15) is 9.59 Å². The molecule has 2 bridgehead atoms. The number of allylic oxidation sites excluding steroid dienone is 4. The van der Waals surface area contributed by atoms with Crippen LogP contribution in [-0.2, 0) is 0 Å². The van der Waals surface area contributed by atoms with Crippen molar-refractivity contribution in [3.05, 3.63) is 74.6 Å². The lowest BCUT2D eigenvalue weighted by molar-refractivity contribution is -0.00781. The van der Waals surface area contributed by atoms with Gasteiger partial charge in [-0.2, -0.15) is 0 Å². The highest BCUT2D eigenvalue weighted by Crippen LogP contribution is 2.70. The van der Waals surface area contributed by atoms with Gasteiger partial charge in [-0.1, -0.05) is 47.9 Å². The molecule has 4 unspecified atom stereocenters. The van der Waals surface area contributed by atoms with Crippen LogP contribution in [0.25, 0.3) is 5.69 Å². The van der Waals surface area contributed by atoms with E-state index in [1.165, 1.54) is 23.0 Å². The van der Waals surface area contributed by atoms with E-state index in [0.717, 1.165) is 12.8 Å². The van der Waals surface area contributed by atoms with Crippen LogP contribution in [0, 0.1) is 11.3 Å². The average molecular weight is 347 g/mol. The van der Waals surface area contributed by atoms with Gasteiger partial charge in [0, 0.05) is 11.3 Å². The fraction of sp³-hybridized carbons (Fsp3) is 0.429. The summed E-state index contributed by atoms with van der Waals surface area (Å²) in [5.74, 6) is 0.372. The lowest BCUT2D eigenvalue weighted by Crippen LogP contribution is -2.61. The highest BCUT2D eigenvalue weighted by molar-refractivity contribution is 5.47. The van der Waals surface area contributed by atoms with Crippen molar-refractivity contribution in [1.82, 2.24) is 13.9 Å². The van der Waals surface area contributed by atoms with E-state index in [4.69, 9.17) is 0 Å². The summed E-state index contributed by atoms with van der Waals surface area (Å²) in [6.07, 6.45) is 9.09. The average Bonchev–Trinajstić information content (AvgIpc) is 2.94. The molecule has 3 heterocycles. The summed E-state index contributed by atoms with van der Waals surface area (Å²) in [6.45, 7) is 2.24. The van der Waals surface area contributed by atoms with Gasteiger partial charge in [0.2, 0.25) is 0 Å². The van der Waals surface area contributed by atoms with Crippen molar-refractivity contribution in [2.75, 3.05) is 0 Å². The fourth-order valence-electron chi connectivity index (χ4n) is 6.40. The van der Waals surface area contributed by atoms with Crippen LogP contribution in [0.2, 0.25) is 0 Å². The highest BCUT2D eigenvalue weighted by Gasteiger charge is 2.64. The lowest BCUT2D eigenvalue weighted by atomic mass is 9.44. The molecule has 26 heavy (non-hydrogen) atoms. The molecule has 2 aliphatic heterocycles. The molecule has 1 fully saturated rings. The minimum Gasteiger partial charge on any atom is -0.245 e. The Morgan fingerprint density at radius 2 is 1.77 bits per heavy atom. The van der Waals surface area contributed by atoms with Crippen molar-refractivity contribution >= 4 is 0 Å². The molecular weight excluding hydrogens is 326 g/mol. The second-order valence-electron chi connectivity index (χ2n) is 8.13. The number of aromatic nitrogens is 3. The van der Waals surface area contributed by atoms with Gasteiger partial charge in [-0.05, 0) is 38.3 Å². The van der Waals surface area contributed by atoms with Crippen molar-refractivity contribution in [1.29, 1.82) is 0 Å². The molecule has 1 spiro atoms. The van der Waals surface area contributed by atoms with Crippen molar-refractivity contribution < 1.29 is 0 Å². The third-order valence-corrected chi connectivity index (χ3v) is 7.25. The molecule has 1 aromatic heterocycles. The Morgan fingerprint density at radius 1 is 1.00 bits per heavy atom. The van der Waals surface area contributed by atoms with Gasteiger partial charge < -0.3 is 0 Å². The van der Waals surface area contributed by atoms with E-state index in [-0.39, 0.29) is 28.9 Å². The SMILES string of the molecule is CC1=C2CCCCC23C1C1C=CC3n2c(=O)n(-c3ccccc3)c(=O)n21. The van der Waals surface area contributed by atoms with Crippen LogP contribution < -0.4 is 11.4 Å². The van der Waals surface area contributed by atoms with Crippen LogP contribution in [0.3, 0.4) is 0 Å². The smallest absolute Gasteiger partial charge is 0.245 e. The van der Waals surface area contributed by atoms with Crippen LogP contribution in [0.5, 0.6) is 0 Å². The number of rotatable bonds is 1. The molecule has 0 saturated heterocycles. The fourth-order valence-corrected chi connectivity index (χ4v) is 6.40. The Kier molecular flexibility index (Phi) is 2.57. The van der Waals surface area contributed by atoms with E-state index < -0.39 is 0 Å². The Balaban J connectivity index is 1.64. The van der Waals surface area contributed by atoms with Crippen molar-refractivity contribution in [3.8, 4) is 5.69 Å². The number of nitrogens with zero attached hydrogens (tertiary/aromatic N) is 3. The summed E-state index contributed by atoms with van der Waals surface area (Å²) in [7, 11) is 0. The normalized spacial score (nSPS) is 33.5. The molecule has 7 rings (SSSR count). The summed E-state index contributed by atoms with van der Waals surface area (Å²) in [6, 6.07) is 9.22. The van der Waals surface area contributed by atoms with Crippen LogP contribution in [0.15, 0.2) is 63.2 Å². The van der Waals surface area contributed by atoms with Crippen LogP contribution in [0.4, 0.5) is 0 Å². The van der Waals surface area contributed by atoms with Gasteiger partial charge in [-0.3, -0.25) is 0 Å². The Morgan fingerprint density at radius 3 is 2.58 bits per heavy atom. The molecule has 1 aromatic carbocycles. The second kappa shape index (κ2) is 4.58. The molecule has 5 heteroatoms. The van der Waals surface area contributed by atoms with E-state index in [0.29, 0.717) is 11.6 Å². The zero-order valence-electron chi connectivity index (χ0n) is 14.8. The second-order valence-corrected chi connectivity index (χ2v) is 8.13. The molecule has 0 radical (unpaired) electrons. The van der Waals surface area contributed by atoms with Gasteiger partial charge in [0.15, 0.2) is 0 Å². The van der Waals surface area contributed by atoms with Gasteiger partial charge in [0.1, 0.15) is 0 Å². The molecule has 132 valence electrons. The maximum absolute atomic E-state index is 13.3. The van der Waals surface area contributed by atoms with E-state index in [1.807, 2.05) is 30.3 Å². The van der Waals surface area contributed by atoms with Gasteiger partial charge in [0.05, 0.1) is 17.8 Å². The van der Waals surface area contributed by atoms with Gasteiger partial charge in [0.25, 0.3) is 0 Å². The number of para-hydroxylation sites is 1. The van der Waals surface area contributed by atoms with Crippen molar-refractivity contribution in [3.63, 3.8) is 0 Å². The Bertz CT molecular complexity index is 1110. The first-order valence-electron chi connectivity index (χ1n) is 9.56. The first kappa shape index (κ1) is 14.6. The van der Waals surface area contributed by atoms with E-state index in [1.54, 1.807) is 14.9 Å². The lowest BCUT2D eigenvalue weighted by Gasteiger charge is -2.64. The summed E-state index contributed by atoms with van der Waals surface area (Å²) in [4.78, 5) is 26.5. The third-order valence-electron chi connectivity index (χ3n) is 7.25. The largest absolute Gasteiger partial charge is 0.352 e. The van der Waals surface area contributed by atoms with E-state index >= 15 is 0 Å². The van der Waals surface area contributed by atoms with Crippen molar-refractivity contribution in [2.45, 2.75) is 44.7 Å². The number of benzene rings is 1. The minimum absolute atomic E-state index is 0.0262. The molecule has 4 atom stereocenters. The maximum atomic E-state index is 13.3. The molecule has 0 amide bonds. The maximum Gasteiger partial charge on any atom is 0.352 e. The molecular formula is C21H21N3O2. The first-order chi connectivity index (χ1) is 12.7. The molecule has 1 saturated carbocycles. The van der Waals surface area contributed by atoms with Crippen LogP contribution in [0.1, 0.15) is 44.7 Å². The zero-order valence-corrected chi connectivity index (χ0v) is 14.8. The summed E-state index contributed by atoms with van der Waals surface area (Å²) in [5, 5.41) is 0. The van der Waals surface area contributed by atoms with Crippen LogP contribution >= 0.6 is 0 Å². The summed E-state index contributed by atoms with van der Waals surface area (Å²) >= 11 is 0. The molecule has 0 N–H and O–H groups in total.